The second-order valence-electron chi connectivity index (χ2n) is 5.61. The van der Waals surface area contributed by atoms with E-state index >= 15 is 0 Å². The Morgan fingerprint density at radius 3 is 2.20 bits per heavy atom. The number of benzene rings is 1. The Labute approximate surface area is 139 Å². The van der Waals surface area contributed by atoms with Crippen molar-refractivity contribution in [2.45, 2.75) is 71.3 Å². The maximum atomic E-state index is 3.70. The number of unbranched alkanes of at least 4 members (excludes halogenated alkanes) is 5. The van der Waals surface area contributed by atoms with Gasteiger partial charge >= 0.3 is 0 Å². The van der Waals surface area contributed by atoms with E-state index in [0.29, 0.717) is 6.04 Å². The van der Waals surface area contributed by atoms with Crippen LogP contribution in [-0.2, 0) is 0 Å². The molecule has 0 spiro atoms. The first-order chi connectivity index (χ1) is 9.77. The molecule has 1 aromatic carbocycles. The van der Waals surface area contributed by atoms with Gasteiger partial charge in [-0.05, 0) is 59.7 Å². The van der Waals surface area contributed by atoms with E-state index in [1.807, 2.05) is 0 Å². The second-order valence-corrected chi connectivity index (χ2v) is 6.86. The summed E-state index contributed by atoms with van der Waals surface area (Å²) in [6.07, 6.45) is 10.8. The molecule has 0 aliphatic rings. The molecule has 114 valence electrons. The van der Waals surface area contributed by atoms with Gasteiger partial charge in [0.25, 0.3) is 0 Å². The first-order valence-electron chi connectivity index (χ1n) is 8.26. The van der Waals surface area contributed by atoms with Gasteiger partial charge in [0.2, 0.25) is 0 Å². The fourth-order valence-electron chi connectivity index (χ4n) is 2.53. The van der Waals surface area contributed by atoms with Crippen molar-refractivity contribution in [2.75, 3.05) is 6.54 Å². The minimum atomic E-state index is 0.540. The molecule has 0 aromatic heterocycles. The first kappa shape index (κ1) is 18.0. The van der Waals surface area contributed by atoms with Gasteiger partial charge in [-0.1, -0.05) is 64.5 Å². The van der Waals surface area contributed by atoms with Gasteiger partial charge < -0.3 is 5.32 Å². The Bertz CT molecular complexity index is 334. The van der Waals surface area contributed by atoms with E-state index in [0.717, 1.165) is 6.54 Å². The van der Waals surface area contributed by atoms with Gasteiger partial charge in [0.1, 0.15) is 0 Å². The highest BCUT2D eigenvalue weighted by atomic mass is 127. The average Bonchev–Trinajstić information content (AvgIpc) is 2.47. The summed E-state index contributed by atoms with van der Waals surface area (Å²) in [6, 6.07) is 9.55. The Morgan fingerprint density at radius 1 is 0.900 bits per heavy atom. The van der Waals surface area contributed by atoms with Crippen molar-refractivity contribution in [2.24, 2.45) is 0 Å². The van der Waals surface area contributed by atoms with Crippen LogP contribution in [0.25, 0.3) is 0 Å². The van der Waals surface area contributed by atoms with Gasteiger partial charge in [-0.15, -0.1) is 0 Å². The highest BCUT2D eigenvalue weighted by Crippen LogP contribution is 2.21. The highest BCUT2D eigenvalue weighted by Gasteiger charge is 2.09. The maximum absolute atomic E-state index is 3.70. The normalized spacial score (nSPS) is 12.6. The summed E-state index contributed by atoms with van der Waals surface area (Å²) in [7, 11) is 0. The van der Waals surface area contributed by atoms with E-state index in [4.69, 9.17) is 0 Å². The standard InChI is InChI=1S/C18H30IN/c1-3-5-6-7-8-9-10-18(20-15-4-2)16-11-13-17(19)14-12-16/h11-14,18,20H,3-10,15H2,1-2H3. The van der Waals surface area contributed by atoms with Crippen molar-refractivity contribution in [1.29, 1.82) is 0 Å². The highest BCUT2D eigenvalue weighted by molar-refractivity contribution is 14.1. The number of hydrogen-bond donors (Lipinski definition) is 1. The summed E-state index contributed by atoms with van der Waals surface area (Å²) in [5, 5.41) is 3.70. The summed E-state index contributed by atoms with van der Waals surface area (Å²) in [5.41, 5.74) is 1.45. The molecule has 1 nitrogen and oxygen atoms in total. The van der Waals surface area contributed by atoms with E-state index in [9.17, 15) is 0 Å². The van der Waals surface area contributed by atoms with Crippen LogP contribution in [0, 0.1) is 3.57 Å². The van der Waals surface area contributed by atoms with Crippen LogP contribution in [0.2, 0.25) is 0 Å². The van der Waals surface area contributed by atoms with E-state index in [2.05, 4.69) is 66.0 Å². The molecule has 0 radical (unpaired) electrons. The van der Waals surface area contributed by atoms with Crippen molar-refractivity contribution < 1.29 is 0 Å². The van der Waals surface area contributed by atoms with Gasteiger partial charge in [-0.2, -0.15) is 0 Å². The number of rotatable bonds is 11. The summed E-state index contributed by atoms with van der Waals surface area (Å²) in [6.45, 7) is 5.64. The van der Waals surface area contributed by atoms with Crippen LogP contribution in [0.3, 0.4) is 0 Å². The predicted molar refractivity (Wildman–Crippen MR) is 98.2 cm³/mol. The Morgan fingerprint density at radius 2 is 1.55 bits per heavy atom. The third-order valence-corrected chi connectivity index (χ3v) is 4.48. The van der Waals surface area contributed by atoms with Crippen LogP contribution in [0.15, 0.2) is 24.3 Å². The molecule has 0 fully saturated rings. The van der Waals surface area contributed by atoms with Gasteiger partial charge in [0.15, 0.2) is 0 Å². The third kappa shape index (κ3) is 7.63. The average molecular weight is 387 g/mol. The Hall–Kier alpha value is -0.0900. The van der Waals surface area contributed by atoms with Crippen molar-refractivity contribution in [3.8, 4) is 0 Å². The lowest BCUT2D eigenvalue weighted by molar-refractivity contribution is 0.466. The second kappa shape index (κ2) is 11.6. The van der Waals surface area contributed by atoms with Gasteiger partial charge in [-0.3, -0.25) is 0 Å². The molecule has 0 amide bonds. The zero-order valence-corrected chi connectivity index (χ0v) is 15.3. The molecule has 1 aromatic rings. The molecule has 1 rings (SSSR count). The molecule has 1 N–H and O–H groups in total. The van der Waals surface area contributed by atoms with Crippen molar-refractivity contribution in [1.82, 2.24) is 5.32 Å². The minimum Gasteiger partial charge on any atom is -0.310 e. The summed E-state index contributed by atoms with van der Waals surface area (Å²) in [5.74, 6) is 0. The largest absolute Gasteiger partial charge is 0.310 e. The monoisotopic (exact) mass is 387 g/mol. The Kier molecular flexibility index (Phi) is 10.4. The quantitative estimate of drug-likeness (QED) is 0.358. The third-order valence-electron chi connectivity index (χ3n) is 3.76. The molecule has 0 bridgehead atoms. The molecular formula is C18H30IN. The molecule has 1 atom stereocenters. The Balaban J connectivity index is 2.37. The van der Waals surface area contributed by atoms with E-state index in [-0.39, 0.29) is 0 Å². The fourth-order valence-corrected chi connectivity index (χ4v) is 2.89. The van der Waals surface area contributed by atoms with Crippen molar-refractivity contribution >= 4 is 22.6 Å². The van der Waals surface area contributed by atoms with Crippen LogP contribution in [0.1, 0.15) is 76.8 Å². The number of hydrogen-bond acceptors (Lipinski definition) is 1. The van der Waals surface area contributed by atoms with Crippen LogP contribution in [-0.4, -0.2) is 6.54 Å². The number of nitrogens with one attached hydrogen (secondary N) is 1. The molecule has 0 aliphatic carbocycles. The molecule has 0 aliphatic heterocycles. The summed E-state index contributed by atoms with van der Waals surface area (Å²) < 4.78 is 1.32. The smallest absolute Gasteiger partial charge is 0.0320 e. The van der Waals surface area contributed by atoms with Crippen LogP contribution in [0.4, 0.5) is 0 Å². The fraction of sp³-hybridized carbons (Fsp3) is 0.667. The predicted octanol–water partition coefficient (Wildman–Crippen LogP) is 6.08. The zero-order chi connectivity index (χ0) is 14.6. The van der Waals surface area contributed by atoms with Crippen LogP contribution < -0.4 is 5.32 Å². The SMILES string of the molecule is CCCCCCCCC(NCCC)c1ccc(I)cc1. The topological polar surface area (TPSA) is 12.0 Å². The van der Waals surface area contributed by atoms with Crippen LogP contribution in [0.5, 0.6) is 0 Å². The molecular weight excluding hydrogens is 357 g/mol. The summed E-state index contributed by atoms with van der Waals surface area (Å²) >= 11 is 2.38. The molecule has 2 heteroatoms. The lowest BCUT2D eigenvalue weighted by Gasteiger charge is -2.19. The van der Waals surface area contributed by atoms with E-state index in [1.165, 1.54) is 60.5 Å². The van der Waals surface area contributed by atoms with Crippen molar-refractivity contribution in [3.63, 3.8) is 0 Å². The molecule has 20 heavy (non-hydrogen) atoms. The molecule has 0 saturated heterocycles. The van der Waals surface area contributed by atoms with Gasteiger partial charge in [0.05, 0.1) is 0 Å². The molecule has 0 saturated carbocycles. The van der Waals surface area contributed by atoms with E-state index in [1.54, 1.807) is 0 Å². The minimum absolute atomic E-state index is 0.540. The van der Waals surface area contributed by atoms with Gasteiger partial charge in [-0.25, -0.2) is 0 Å². The lowest BCUT2D eigenvalue weighted by atomic mass is 9.99. The molecule has 0 heterocycles. The van der Waals surface area contributed by atoms with Gasteiger partial charge in [0, 0.05) is 9.61 Å². The van der Waals surface area contributed by atoms with E-state index < -0.39 is 0 Å². The summed E-state index contributed by atoms with van der Waals surface area (Å²) in [4.78, 5) is 0. The number of halogens is 1. The van der Waals surface area contributed by atoms with Crippen molar-refractivity contribution in [3.05, 3.63) is 33.4 Å². The van der Waals surface area contributed by atoms with Crippen LogP contribution >= 0.6 is 22.6 Å². The zero-order valence-electron chi connectivity index (χ0n) is 13.1. The molecule has 1 unspecified atom stereocenters. The first-order valence-corrected chi connectivity index (χ1v) is 9.34. The maximum Gasteiger partial charge on any atom is 0.0320 e. The lowest BCUT2D eigenvalue weighted by Crippen LogP contribution is -2.22.